The van der Waals surface area contributed by atoms with Crippen LogP contribution in [0, 0.1) is 20.8 Å². The third-order valence-corrected chi connectivity index (χ3v) is 6.63. The van der Waals surface area contributed by atoms with Crippen LogP contribution in [0.4, 0.5) is 0 Å². The lowest BCUT2D eigenvalue weighted by Crippen LogP contribution is -2.53. The summed E-state index contributed by atoms with van der Waals surface area (Å²) in [5.74, 6) is 0.0922. The molecule has 0 radical (unpaired) electrons. The molecule has 2 aliphatic rings. The summed E-state index contributed by atoms with van der Waals surface area (Å²) in [5, 5.41) is 0. The highest BCUT2D eigenvalue weighted by atomic mass is 16.2. The predicted octanol–water partition coefficient (Wildman–Crippen LogP) is 2.78. The van der Waals surface area contributed by atoms with E-state index in [4.69, 9.17) is 0 Å². The van der Waals surface area contributed by atoms with E-state index in [-0.39, 0.29) is 17.9 Å². The van der Waals surface area contributed by atoms with Gasteiger partial charge in [0.05, 0.1) is 5.56 Å². The van der Waals surface area contributed by atoms with Gasteiger partial charge < -0.3 is 19.3 Å². The van der Waals surface area contributed by atoms with Crippen LogP contribution in [0.15, 0.2) is 30.3 Å². The zero-order chi connectivity index (χ0) is 21.4. The molecular formula is C24H32N4O2. The van der Waals surface area contributed by atoms with E-state index < -0.39 is 0 Å². The summed E-state index contributed by atoms with van der Waals surface area (Å²) in [6.45, 7) is 10.0. The smallest absolute Gasteiger partial charge is 0.256 e. The van der Waals surface area contributed by atoms with Crippen molar-refractivity contribution >= 4 is 11.8 Å². The fourth-order valence-corrected chi connectivity index (χ4v) is 4.82. The minimum Gasteiger partial charge on any atom is -0.338 e. The molecule has 4 rings (SSSR count). The van der Waals surface area contributed by atoms with Crippen molar-refractivity contribution in [2.75, 3.05) is 39.8 Å². The summed E-state index contributed by atoms with van der Waals surface area (Å²) in [4.78, 5) is 32.7. The minimum atomic E-state index is -0.331. The van der Waals surface area contributed by atoms with Gasteiger partial charge >= 0.3 is 0 Å². The first kappa shape index (κ1) is 20.7. The van der Waals surface area contributed by atoms with E-state index >= 15 is 0 Å². The van der Waals surface area contributed by atoms with E-state index in [9.17, 15) is 9.59 Å². The zero-order valence-corrected chi connectivity index (χ0v) is 18.5. The molecule has 0 aliphatic carbocycles. The Hall–Kier alpha value is -2.60. The van der Waals surface area contributed by atoms with E-state index in [2.05, 4.69) is 35.6 Å². The normalized spacial score (nSPS) is 20.1. The molecule has 1 unspecified atom stereocenters. The molecule has 2 aliphatic heterocycles. The Morgan fingerprint density at radius 3 is 2.37 bits per heavy atom. The SMILES string of the molecule is Cc1ccccc1-n1c(C)cc(C(=O)N2CCCC2C(=O)N2CCN(C)CC2)c1C. The minimum absolute atomic E-state index is 0.0205. The maximum atomic E-state index is 13.5. The topological polar surface area (TPSA) is 48.8 Å². The number of hydrogen-bond acceptors (Lipinski definition) is 3. The van der Waals surface area contributed by atoms with Crippen molar-refractivity contribution in [3.8, 4) is 5.69 Å². The van der Waals surface area contributed by atoms with Crippen molar-refractivity contribution < 1.29 is 9.59 Å². The predicted molar refractivity (Wildman–Crippen MR) is 118 cm³/mol. The molecule has 0 saturated carbocycles. The van der Waals surface area contributed by atoms with E-state index in [1.54, 1.807) is 0 Å². The molecule has 2 aromatic rings. The number of amides is 2. The lowest BCUT2D eigenvalue weighted by Gasteiger charge is -2.35. The molecule has 3 heterocycles. The second-order valence-corrected chi connectivity index (χ2v) is 8.69. The van der Waals surface area contributed by atoms with Crippen LogP contribution in [0.3, 0.4) is 0 Å². The monoisotopic (exact) mass is 408 g/mol. The van der Waals surface area contributed by atoms with E-state index in [1.807, 2.05) is 41.8 Å². The molecule has 160 valence electrons. The van der Waals surface area contributed by atoms with Gasteiger partial charge in [0.2, 0.25) is 5.91 Å². The molecular weight excluding hydrogens is 376 g/mol. The van der Waals surface area contributed by atoms with Crippen LogP contribution < -0.4 is 0 Å². The lowest BCUT2D eigenvalue weighted by atomic mass is 10.1. The average Bonchev–Trinajstić information content (AvgIpc) is 3.33. The van der Waals surface area contributed by atoms with Gasteiger partial charge in [-0.25, -0.2) is 0 Å². The van der Waals surface area contributed by atoms with Gasteiger partial charge in [-0.15, -0.1) is 0 Å². The summed E-state index contributed by atoms with van der Waals surface area (Å²) in [6.07, 6.45) is 1.64. The molecule has 1 atom stereocenters. The molecule has 6 heteroatoms. The third kappa shape index (κ3) is 3.65. The highest BCUT2D eigenvalue weighted by Gasteiger charge is 2.38. The van der Waals surface area contributed by atoms with Crippen molar-refractivity contribution in [3.05, 3.63) is 52.8 Å². The molecule has 0 spiro atoms. The first-order valence-corrected chi connectivity index (χ1v) is 10.9. The molecule has 6 nitrogen and oxygen atoms in total. The van der Waals surface area contributed by atoms with Crippen LogP contribution in [0.25, 0.3) is 5.69 Å². The molecule has 2 saturated heterocycles. The fraction of sp³-hybridized carbons (Fsp3) is 0.500. The number of aromatic nitrogens is 1. The Kier molecular flexibility index (Phi) is 5.69. The summed E-state index contributed by atoms with van der Waals surface area (Å²) in [7, 11) is 2.08. The van der Waals surface area contributed by atoms with E-state index in [0.29, 0.717) is 12.1 Å². The number of rotatable bonds is 3. The van der Waals surface area contributed by atoms with E-state index in [0.717, 1.165) is 56.1 Å². The number of carbonyl (C=O) groups is 2. The van der Waals surface area contributed by atoms with Gasteiger partial charge in [-0.1, -0.05) is 18.2 Å². The molecule has 30 heavy (non-hydrogen) atoms. The average molecular weight is 409 g/mol. The van der Waals surface area contributed by atoms with Crippen LogP contribution in [-0.2, 0) is 4.79 Å². The second kappa shape index (κ2) is 8.26. The number of nitrogens with zero attached hydrogens (tertiary/aromatic N) is 4. The first-order valence-electron chi connectivity index (χ1n) is 10.9. The molecule has 0 N–H and O–H groups in total. The third-order valence-electron chi connectivity index (χ3n) is 6.63. The standard InChI is InChI=1S/C24H32N4O2/c1-17-8-5-6-9-21(17)28-18(2)16-20(19(28)3)23(29)27-11-7-10-22(27)24(30)26-14-12-25(4)13-15-26/h5-6,8-9,16,22H,7,10-15H2,1-4H3. The number of benzene rings is 1. The highest BCUT2D eigenvalue weighted by molar-refractivity contribution is 5.99. The van der Waals surface area contributed by atoms with Gasteiger partial charge in [-0.05, 0) is 58.4 Å². The van der Waals surface area contributed by atoms with Crippen LogP contribution in [0.1, 0.15) is 40.2 Å². The van der Waals surface area contributed by atoms with Crippen molar-refractivity contribution in [2.45, 2.75) is 39.7 Å². The number of carbonyl (C=O) groups excluding carboxylic acids is 2. The Morgan fingerprint density at radius 1 is 0.967 bits per heavy atom. The number of piperazine rings is 1. The molecule has 1 aromatic carbocycles. The second-order valence-electron chi connectivity index (χ2n) is 8.69. The number of likely N-dealkylation sites (N-methyl/N-ethyl adjacent to an activating group) is 1. The molecule has 0 bridgehead atoms. The summed E-state index contributed by atoms with van der Waals surface area (Å²) in [5.41, 5.74) is 4.94. The zero-order valence-electron chi connectivity index (χ0n) is 18.5. The van der Waals surface area contributed by atoms with E-state index in [1.165, 1.54) is 5.56 Å². The summed E-state index contributed by atoms with van der Waals surface area (Å²) < 4.78 is 2.15. The molecule has 1 aromatic heterocycles. The molecule has 2 fully saturated rings. The Balaban J connectivity index is 1.59. The number of aryl methyl sites for hydroxylation is 2. The maximum absolute atomic E-state index is 13.5. The highest BCUT2D eigenvalue weighted by Crippen LogP contribution is 2.28. The van der Waals surface area contributed by atoms with Crippen LogP contribution in [-0.4, -0.2) is 76.9 Å². The largest absolute Gasteiger partial charge is 0.338 e. The van der Waals surface area contributed by atoms with Crippen LogP contribution in [0.2, 0.25) is 0 Å². The Labute approximate surface area is 179 Å². The maximum Gasteiger partial charge on any atom is 0.256 e. The quantitative estimate of drug-likeness (QED) is 0.785. The van der Waals surface area contributed by atoms with Gasteiger partial charge in [0.15, 0.2) is 0 Å². The van der Waals surface area contributed by atoms with Gasteiger partial charge in [-0.3, -0.25) is 9.59 Å². The van der Waals surface area contributed by atoms with Crippen LogP contribution in [0.5, 0.6) is 0 Å². The van der Waals surface area contributed by atoms with Crippen LogP contribution >= 0.6 is 0 Å². The van der Waals surface area contributed by atoms with Crippen molar-refractivity contribution in [1.82, 2.24) is 19.3 Å². The van der Waals surface area contributed by atoms with Gasteiger partial charge in [0.1, 0.15) is 6.04 Å². The van der Waals surface area contributed by atoms with Gasteiger partial charge in [0, 0.05) is 49.8 Å². The van der Waals surface area contributed by atoms with Crippen molar-refractivity contribution in [2.24, 2.45) is 0 Å². The summed E-state index contributed by atoms with van der Waals surface area (Å²) in [6, 6.07) is 9.86. The Bertz CT molecular complexity index is 956. The van der Waals surface area contributed by atoms with Gasteiger partial charge in [0.25, 0.3) is 5.91 Å². The number of likely N-dealkylation sites (tertiary alicyclic amines) is 1. The number of para-hydroxylation sites is 1. The summed E-state index contributed by atoms with van der Waals surface area (Å²) >= 11 is 0. The first-order chi connectivity index (χ1) is 14.4. The van der Waals surface area contributed by atoms with Crippen molar-refractivity contribution in [1.29, 1.82) is 0 Å². The fourth-order valence-electron chi connectivity index (χ4n) is 4.82. The lowest BCUT2D eigenvalue weighted by molar-refractivity contribution is -0.136. The molecule has 2 amide bonds. The van der Waals surface area contributed by atoms with Gasteiger partial charge in [-0.2, -0.15) is 0 Å². The Morgan fingerprint density at radius 2 is 1.67 bits per heavy atom. The van der Waals surface area contributed by atoms with Crippen molar-refractivity contribution in [3.63, 3.8) is 0 Å². The number of hydrogen-bond donors (Lipinski definition) is 0.